The van der Waals surface area contributed by atoms with Crippen LogP contribution in [0.1, 0.15) is 19.4 Å². The lowest BCUT2D eigenvalue weighted by Crippen LogP contribution is -2.43. The van der Waals surface area contributed by atoms with Crippen molar-refractivity contribution in [3.63, 3.8) is 0 Å². The maximum absolute atomic E-state index is 14.3. The number of sulfonamides is 1. The Hall–Kier alpha value is -2.49. The van der Waals surface area contributed by atoms with E-state index in [9.17, 15) is 22.4 Å². The van der Waals surface area contributed by atoms with Gasteiger partial charge in [0.2, 0.25) is 10.0 Å². The first-order chi connectivity index (χ1) is 14.0. The maximum atomic E-state index is 14.3. The molecule has 0 aliphatic carbocycles. The number of hydrogen-bond acceptors (Lipinski definition) is 4. The van der Waals surface area contributed by atoms with Gasteiger partial charge in [0.15, 0.2) is 0 Å². The zero-order valence-electron chi connectivity index (χ0n) is 16.4. The quantitative estimate of drug-likeness (QED) is 0.653. The normalized spacial score (nSPS) is 16.2. The Balaban J connectivity index is 1.92. The van der Waals surface area contributed by atoms with E-state index in [2.05, 4.69) is 5.32 Å². The molecule has 3 amide bonds. The lowest BCUT2D eigenvalue weighted by molar-refractivity contribution is -0.130. The van der Waals surface area contributed by atoms with Crippen LogP contribution in [0.25, 0.3) is 0 Å². The lowest BCUT2D eigenvalue weighted by atomic mass is 10.1. The molecule has 3 rings (SSSR count). The summed E-state index contributed by atoms with van der Waals surface area (Å²) in [6, 6.07) is 11.1. The third-order valence-corrected chi connectivity index (χ3v) is 7.02. The van der Waals surface area contributed by atoms with Crippen molar-refractivity contribution in [1.82, 2.24) is 14.5 Å². The molecule has 0 spiro atoms. The molecule has 0 aromatic heterocycles. The number of hydrogen-bond donors (Lipinski definition) is 1. The molecule has 2 aromatic carbocycles. The van der Waals surface area contributed by atoms with Crippen LogP contribution in [0.2, 0.25) is 5.02 Å². The topological polar surface area (TPSA) is 86.8 Å². The van der Waals surface area contributed by atoms with E-state index in [1.54, 1.807) is 38.1 Å². The van der Waals surface area contributed by atoms with Crippen molar-refractivity contribution in [3.8, 4) is 0 Å². The Morgan fingerprint density at radius 2 is 1.73 bits per heavy atom. The van der Waals surface area contributed by atoms with E-state index in [1.807, 2.05) is 0 Å². The largest absolute Gasteiger partial charge is 0.325 e. The fraction of sp³-hybridized carbons (Fsp3) is 0.300. The first-order valence-corrected chi connectivity index (χ1v) is 11.0. The fourth-order valence-electron chi connectivity index (χ4n) is 3.13. The average Bonchev–Trinajstić information content (AvgIpc) is 2.87. The number of benzene rings is 2. The smallest absolute Gasteiger partial charge is 0.324 e. The second-order valence-corrected chi connectivity index (χ2v) is 9.69. The molecule has 30 heavy (non-hydrogen) atoms. The van der Waals surface area contributed by atoms with Crippen molar-refractivity contribution in [2.75, 3.05) is 13.1 Å². The standard InChI is InChI=1S/C20H21ClFN3O4S/c1-20(2)18(26)25(19(27)23-20)12-11-24(13-14-7-3-4-8-15(14)21)30(28,29)17-10-6-5-9-16(17)22/h3-10H,11-13H2,1-2H3,(H,23,27). The van der Waals surface area contributed by atoms with Crippen LogP contribution < -0.4 is 5.32 Å². The summed E-state index contributed by atoms with van der Waals surface area (Å²) in [5.41, 5.74) is -0.564. The summed E-state index contributed by atoms with van der Waals surface area (Å²) in [5, 5.41) is 2.89. The number of nitrogens with zero attached hydrogens (tertiary/aromatic N) is 2. The summed E-state index contributed by atoms with van der Waals surface area (Å²) in [6.07, 6.45) is 0. The third-order valence-electron chi connectivity index (χ3n) is 4.78. The molecule has 1 fully saturated rings. The SMILES string of the molecule is CC1(C)NC(=O)N(CCN(Cc2ccccc2Cl)S(=O)(=O)c2ccccc2F)C1=O. The van der Waals surface area contributed by atoms with Gasteiger partial charge < -0.3 is 5.32 Å². The molecule has 160 valence electrons. The van der Waals surface area contributed by atoms with Gasteiger partial charge in [-0.15, -0.1) is 0 Å². The Morgan fingerprint density at radius 1 is 1.10 bits per heavy atom. The van der Waals surface area contributed by atoms with Crippen LogP contribution in [0.5, 0.6) is 0 Å². The zero-order chi connectivity index (χ0) is 22.1. The van der Waals surface area contributed by atoms with Crippen LogP contribution in [0.3, 0.4) is 0 Å². The first kappa shape index (κ1) is 22.2. The lowest BCUT2D eigenvalue weighted by Gasteiger charge is -2.25. The Kier molecular flexibility index (Phi) is 6.16. The van der Waals surface area contributed by atoms with Gasteiger partial charge in [-0.1, -0.05) is 41.9 Å². The Morgan fingerprint density at radius 3 is 2.33 bits per heavy atom. The van der Waals surface area contributed by atoms with Gasteiger partial charge in [-0.25, -0.2) is 17.6 Å². The number of halogens is 2. The number of urea groups is 1. The number of amides is 3. The van der Waals surface area contributed by atoms with Gasteiger partial charge in [-0.3, -0.25) is 9.69 Å². The second kappa shape index (κ2) is 8.33. The molecule has 10 heteroatoms. The summed E-state index contributed by atoms with van der Waals surface area (Å²) >= 11 is 6.18. The van der Waals surface area contributed by atoms with Gasteiger partial charge in [0.05, 0.1) is 0 Å². The van der Waals surface area contributed by atoms with Gasteiger partial charge in [-0.2, -0.15) is 4.31 Å². The Bertz CT molecular complexity index is 1090. The number of carbonyl (C=O) groups is 2. The van der Waals surface area contributed by atoms with Crippen molar-refractivity contribution >= 4 is 33.6 Å². The molecule has 2 aromatic rings. The van der Waals surface area contributed by atoms with Crippen LogP contribution in [0.15, 0.2) is 53.4 Å². The van der Waals surface area contributed by atoms with Gasteiger partial charge in [-0.05, 0) is 37.6 Å². The Labute approximate surface area is 179 Å². The molecular formula is C20H21ClFN3O4S. The highest BCUT2D eigenvalue weighted by Gasteiger charge is 2.44. The molecule has 0 radical (unpaired) electrons. The van der Waals surface area contributed by atoms with E-state index in [4.69, 9.17) is 11.6 Å². The molecular weight excluding hydrogens is 433 g/mol. The van der Waals surface area contributed by atoms with Crippen LogP contribution in [0, 0.1) is 5.82 Å². The van der Waals surface area contributed by atoms with Gasteiger partial charge >= 0.3 is 6.03 Å². The highest BCUT2D eigenvalue weighted by Crippen LogP contribution is 2.25. The van der Waals surface area contributed by atoms with Crippen LogP contribution in [-0.2, 0) is 21.4 Å². The third kappa shape index (κ3) is 4.33. The molecule has 0 atom stereocenters. The fourth-order valence-corrected chi connectivity index (χ4v) is 4.80. The van der Waals surface area contributed by atoms with Crippen molar-refractivity contribution in [2.24, 2.45) is 0 Å². The number of carbonyl (C=O) groups excluding carboxylic acids is 2. The molecule has 1 N–H and O–H groups in total. The minimum atomic E-state index is -4.27. The minimum absolute atomic E-state index is 0.149. The molecule has 1 aliphatic heterocycles. The predicted molar refractivity (Wildman–Crippen MR) is 110 cm³/mol. The summed E-state index contributed by atoms with van der Waals surface area (Å²) in [4.78, 5) is 25.0. The van der Waals surface area contributed by atoms with Gasteiger partial charge in [0.25, 0.3) is 5.91 Å². The molecule has 7 nitrogen and oxygen atoms in total. The van der Waals surface area contributed by atoms with E-state index in [1.165, 1.54) is 18.2 Å². The molecule has 1 aliphatic rings. The summed E-state index contributed by atoms with van der Waals surface area (Å²) in [7, 11) is -4.27. The van der Waals surface area contributed by atoms with Crippen LogP contribution in [0.4, 0.5) is 9.18 Å². The van der Waals surface area contributed by atoms with Crippen molar-refractivity contribution in [3.05, 3.63) is 64.9 Å². The number of imide groups is 1. The van der Waals surface area contributed by atoms with Gasteiger partial charge in [0, 0.05) is 24.7 Å². The average molecular weight is 454 g/mol. The number of nitrogens with one attached hydrogen (secondary N) is 1. The number of rotatable bonds is 7. The molecule has 1 saturated heterocycles. The summed E-state index contributed by atoms with van der Waals surface area (Å²) in [5.74, 6) is -1.36. The van der Waals surface area contributed by atoms with E-state index in [-0.39, 0.29) is 19.6 Å². The first-order valence-electron chi connectivity index (χ1n) is 9.16. The maximum Gasteiger partial charge on any atom is 0.325 e. The van der Waals surface area contributed by atoms with Crippen LogP contribution in [-0.4, -0.2) is 48.2 Å². The second-order valence-electron chi connectivity index (χ2n) is 7.37. The van der Waals surface area contributed by atoms with Crippen molar-refractivity contribution in [2.45, 2.75) is 30.8 Å². The predicted octanol–water partition coefficient (Wildman–Crippen LogP) is 3.00. The van der Waals surface area contributed by atoms with Crippen molar-refractivity contribution < 1.29 is 22.4 Å². The molecule has 1 heterocycles. The monoisotopic (exact) mass is 453 g/mol. The summed E-state index contributed by atoms with van der Waals surface area (Å²) < 4.78 is 41.7. The van der Waals surface area contributed by atoms with E-state index >= 15 is 0 Å². The van der Waals surface area contributed by atoms with Crippen LogP contribution >= 0.6 is 11.6 Å². The van der Waals surface area contributed by atoms with Crippen molar-refractivity contribution in [1.29, 1.82) is 0 Å². The highest BCUT2D eigenvalue weighted by molar-refractivity contribution is 7.89. The molecule has 0 saturated carbocycles. The molecule has 0 bridgehead atoms. The highest BCUT2D eigenvalue weighted by atomic mass is 35.5. The van der Waals surface area contributed by atoms with E-state index < -0.39 is 38.2 Å². The zero-order valence-corrected chi connectivity index (χ0v) is 18.0. The minimum Gasteiger partial charge on any atom is -0.324 e. The molecule has 0 unspecified atom stereocenters. The van der Waals surface area contributed by atoms with E-state index in [0.29, 0.717) is 10.6 Å². The van der Waals surface area contributed by atoms with Gasteiger partial charge in [0.1, 0.15) is 16.3 Å². The summed E-state index contributed by atoms with van der Waals surface area (Å²) in [6.45, 7) is 2.56. The van der Waals surface area contributed by atoms with E-state index in [0.717, 1.165) is 15.3 Å².